The Morgan fingerprint density at radius 2 is 1.37 bits per heavy atom. The lowest BCUT2D eigenvalue weighted by Gasteiger charge is -2.17. The summed E-state index contributed by atoms with van der Waals surface area (Å²) in [6.45, 7) is 0. The number of nitrogens with two attached hydrogens (primary N) is 1. The largest absolute Gasteiger partial charge is 0.397 e. The van der Waals surface area contributed by atoms with E-state index in [4.69, 9.17) is 10.7 Å². The average Bonchev–Trinajstić information content (AvgIpc) is 3.35. The summed E-state index contributed by atoms with van der Waals surface area (Å²) in [5.41, 5.74) is 14.9. The van der Waals surface area contributed by atoms with Gasteiger partial charge in [0.25, 0.3) is 0 Å². The first kappa shape index (κ1) is 20.6. The van der Waals surface area contributed by atoms with Crippen LogP contribution in [0.3, 0.4) is 0 Å². The van der Waals surface area contributed by atoms with E-state index in [0.717, 1.165) is 39.0 Å². The first-order valence-electron chi connectivity index (χ1n) is 11.2. The highest BCUT2D eigenvalue weighted by atomic mass is 15.2. The predicted octanol–water partition coefficient (Wildman–Crippen LogP) is 5.87. The van der Waals surface area contributed by atoms with Crippen LogP contribution in [0.2, 0.25) is 0 Å². The van der Waals surface area contributed by atoms with E-state index in [0.29, 0.717) is 17.3 Å². The number of anilines is 3. The third-order valence-corrected chi connectivity index (χ3v) is 5.93. The molecule has 0 radical (unpaired) electrons. The second-order valence-electron chi connectivity index (χ2n) is 8.03. The summed E-state index contributed by atoms with van der Waals surface area (Å²) in [5.74, 6) is 0.415. The molecule has 0 atom stereocenters. The van der Waals surface area contributed by atoms with Crippen LogP contribution in [0.15, 0.2) is 110 Å². The van der Waals surface area contributed by atoms with E-state index in [1.165, 1.54) is 12.7 Å². The maximum absolute atomic E-state index is 6.40. The SMILES string of the molecule is Nc1cccc(-n2cnc3cccc(-c4ccccc4-c4ccccc4)c32)c1Nc1ncncn1. The summed E-state index contributed by atoms with van der Waals surface area (Å²) in [6, 6.07) is 30.8. The molecule has 0 unspecified atom stereocenters. The Kier molecular flexibility index (Phi) is 5.12. The third-order valence-electron chi connectivity index (χ3n) is 5.93. The van der Waals surface area contributed by atoms with Gasteiger partial charge in [-0.05, 0) is 34.9 Å². The number of nitrogen functional groups attached to an aromatic ring is 1. The number of hydrogen-bond donors (Lipinski definition) is 2. The Morgan fingerprint density at radius 3 is 2.20 bits per heavy atom. The van der Waals surface area contributed by atoms with Crippen molar-refractivity contribution in [1.82, 2.24) is 24.5 Å². The minimum Gasteiger partial charge on any atom is -0.397 e. The number of nitrogens with zero attached hydrogens (tertiary/aromatic N) is 5. The van der Waals surface area contributed by atoms with Crippen LogP contribution in [0.4, 0.5) is 17.3 Å². The van der Waals surface area contributed by atoms with Crippen molar-refractivity contribution >= 4 is 28.4 Å². The number of benzene rings is 4. The van der Waals surface area contributed by atoms with E-state index in [1.807, 2.05) is 42.7 Å². The number of aromatic nitrogens is 5. The highest BCUT2D eigenvalue weighted by Gasteiger charge is 2.17. The molecular weight excluding hydrogens is 434 g/mol. The van der Waals surface area contributed by atoms with Gasteiger partial charge in [0.05, 0.1) is 28.1 Å². The van der Waals surface area contributed by atoms with Gasteiger partial charge in [-0.3, -0.25) is 4.57 Å². The standard InChI is InChI=1S/C28H21N7/c29-23-13-7-15-25(26(23)34-28-31-16-30-17-32-28)35-18-33-24-14-6-12-22(27(24)35)21-11-5-4-10-20(21)19-8-2-1-3-9-19/h1-18H,29H2,(H,30,31,32,34). The van der Waals surface area contributed by atoms with Crippen molar-refractivity contribution in [2.24, 2.45) is 0 Å². The predicted molar refractivity (Wildman–Crippen MR) is 139 cm³/mol. The van der Waals surface area contributed by atoms with Gasteiger partial charge in [-0.25, -0.2) is 19.9 Å². The summed E-state index contributed by atoms with van der Waals surface area (Å²) in [6.07, 6.45) is 4.71. The lowest BCUT2D eigenvalue weighted by Crippen LogP contribution is -2.05. The number of para-hydroxylation sites is 2. The summed E-state index contributed by atoms with van der Waals surface area (Å²) in [4.78, 5) is 17.0. The van der Waals surface area contributed by atoms with Crippen molar-refractivity contribution in [2.45, 2.75) is 0 Å². The Labute approximate surface area is 202 Å². The normalized spacial score (nSPS) is 11.0. The molecule has 168 valence electrons. The monoisotopic (exact) mass is 455 g/mol. The van der Waals surface area contributed by atoms with Crippen LogP contribution in [0.25, 0.3) is 39.0 Å². The molecule has 0 aliphatic heterocycles. The van der Waals surface area contributed by atoms with Crippen molar-refractivity contribution in [1.29, 1.82) is 0 Å². The summed E-state index contributed by atoms with van der Waals surface area (Å²) >= 11 is 0. The first-order chi connectivity index (χ1) is 17.3. The van der Waals surface area contributed by atoms with Crippen LogP contribution in [0.5, 0.6) is 0 Å². The molecule has 0 saturated carbocycles. The maximum Gasteiger partial charge on any atom is 0.230 e. The van der Waals surface area contributed by atoms with Crippen LogP contribution in [-0.4, -0.2) is 24.5 Å². The molecule has 0 fully saturated rings. The van der Waals surface area contributed by atoms with Gasteiger partial charge < -0.3 is 11.1 Å². The van der Waals surface area contributed by atoms with Crippen LogP contribution < -0.4 is 11.1 Å². The molecular formula is C28H21N7. The van der Waals surface area contributed by atoms with E-state index in [1.54, 1.807) is 0 Å². The Bertz CT molecular complexity index is 1630. The second kappa shape index (κ2) is 8.72. The molecule has 0 saturated heterocycles. The van der Waals surface area contributed by atoms with E-state index in [-0.39, 0.29) is 0 Å². The smallest absolute Gasteiger partial charge is 0.230 e. The van der Waals surface area contributed by atoms with Crippen molar-refractivity contribution in [3.8, 4) is 27.9 Å². The molecule has 6 aromatic rings. The zero-order chi connectivity index (χ0) is 23.6. The topological polar surface area (TPSA) is 94.5 Å². The fourth-order valence-electron chi connectivity index (χ4n) is 4.36. The van der Waals surface area contributed by atoms with E-state index in [2.05, 4.69) is 79.4 Å². The number of rotatable bonds is 5. The minimum atomic E-state index is 0.415. The lowest BCUT2D eigenvalue weighted by atomic mass is 9.94. The van der Waals surface area contributed by atoms with Gasteiger partial charge in [0.1, 0.15) is 19.0 Å². The molecule has 7 heteroatoms. The molecule has 0 amide bonds. The van der Waals surface area contributed by atoms with E-state index >= 15 is 0 Å². The fourth-order valence-corrected chi connectivity index (χ4v) is 4.36. The number of nitrogens with one attached hydrogen (secondary N) is 1. The second-order valence-corrected chi connectivity index (χ2v) is 8.03. The number of hydrogen-bond acceptors (Lipinski definition) is 6. The molecule has 2 aromatic heterocycles. The summed E-state index contributed by atoms with van der Waals surface area (Å²) < 4.78 is 2.06. The van der Waals surface area contributed by atoms with Gasteiger partial charge >= 0.3 is 0 Å². The molecule has 0 bridgehead atoms. The molecule has 0 aliphatic carbocycles. The highest BCUT2D eigenvalue weighted by molar-refractivity contribution is 5.99. The summed E-state index contributed by atoms with van der Waals surface area (Å²) in [7, 11) is 0. The molecule has 35 heavy (non-hydrogen) atoms. The maximum atomic E-state index is 6.40. The highest BCUT2D eigenvalue weighted by Crippen LogP contribution is 2.38. The van der Waals surface area contributed by atoms with E-state index in [9.17, 15) is 0 Å². The number of fused-ring (bicyclic) bond motifs is 1. The molecule has 6 rings (SSSR count). The van der Waals surface area contributed by atoms with Crippen LogP contribution in [0.1, 0.15) is 0 Å². The minimum absolute atomic E-state index is 0.415. The van der Waals surface area contributed by atoms with Gasteiger partial charge in [0, 0.05) is 5.56 Å². The lowest BCUT2D eigenvalue weighted by molar-refractivity contribution is 1.04. The van der Waals surface area contributed by atoms with Crippen LogP contribution >= 0.6 is 0 Å². The third kappa shape index (κ3) is 3.75. The van der Waals surface area contributed by atoms with Crippen molar-refractivity contribution < 1.29 is 0 Å². The number of imidazole rings is 1. The van der Waals surface area contributed by atoms with Crippen LogP contribution in [0, 0.1) is 0 Å². The molecule has 3 N–H and O–H groups in total. The zero-order valence-electron chi connectivity index (χ0n) is 18.7. The first-order valence-corrected chi connectivity index (χ1v) is 11.2. The fraction of sp³-hybridized carbons (Fsp3) is 0. The van der Waals surface area contributed by atoms with E-state index < -0.39 is 0 Å². The van der Waals surface area contributed by atoms with Crippen molar-refractivity contribution in [2.75, 3.05) is 11.1 Å². The molecule has 4 aromatic carbocycles. The van der Waals surface area contributed by atoms with Crippen LogP contribution in [-0.2, 0) is 0 Å². The van der Waals surface area contributed by atoms with Gasteiger partial charge in [0.15, 0.2) is 0 Å². The molecule has 0 spiro atoms. The van der Waals surface area contributed by atoms with Gasteiger partial charge in [-0.15, -0.1) is 0 Å². The van der Waals surface area contributed by atoms with Gasteiger partial charge in [-0.1, -0.05) is 72.8 Å². The molecule has 7 nitrogen and oxygen atoms in total. The summed E-state index contributed by atoms with van der Waals surface area (Å²) in [5, 5.41) is 3.25. The Hall–Kier alpha value is -5.04. The van der Waals surface area contributed by atoms with Crippen molar-refractivity contribution in [3.05, 3.63) is 110 Å². The Morgan fingerprint density at radius 1 is 0.657 bits per heavy atom. The van der Waals surface area contributed by atoms with Gasteiger partial charge in [0.2, 0.25) is 5.95 Å². The Balaban J connectivity index is 1.57. The van der Waals surface area contributed by atoms with Gasteiger partial charge in [-0.2, -0.15) is 0 Å². The molecule has 2 heterocycles. The average molecular weight is 456 g/mol. The quantitative estimate of drug-likeness (QED) is 0.316. The zero-order valence-corrected chi connectivity index (χ0v) is 18.7. The molecule has 0 aliphatic rings. The van der Waals surface area contributed by atoms with Crippen molar-refractivity contribution in [3.63, 3.8) is 0 Å².